The lowest BCUT2D eigenvalue weighted by Crippen LogP contribution is -2.38. The molecule has 0 radical (unpaired) electrons. The molecule has 6 heteroatoms. The molecule has 0 saturated carbocycles. The summed E-state index contributed by atoms with van der Waals surface area (Å²) in [7, 11) is 0. The van der Waals surface area contributed by atoms with E-state index in [0.717, 1.165) is 11.3 Å². The maximum absolute atomic E-state index is 12.3. The van der Waals surface area contributed by atoms with E-state index in [1.807, 2.05) is 42.5 Å². The monoisotopic (exact) mass is 322 g/mol. The second-order valence-electron chi connectivity index (χ2n) is 5.74. The summed E-state index contributed by atoms with van der Waals surface area (Å²) in [5.74, 6) is -0.235. The highest BCUT2D eigenvalue weighted by Crippen LogP contribution is 2.19. The number of rotatable bonds is 5. The van der Waals surface area contributed by atoms with Crippen molar-refractivity contribution < 1.29 is 9.90 Å². The van der Waals surface area contributed by atoms with Gasteiger partial charge in [-0.05, 0) is 36.8 Å². The summed E-state index contributed by atoms with van der Waals surface area (Å²) in [6.45, 7) is 1.81. The van der Waals surface area contributed by atoms with E-state index in [1.54, 1.807) is 36.3 Å². The number of carbonyl (C=O) groups excluding carboxylic acids is 1. The van der Waals surface area contributed by atoms with Gasteiger partial charge in [0.1, 0.15) is 18.3 Å². The Labute approximate surface area is 139 Å². The Morgan fingerprint density at radius 1 is 1.08 bits per heavy atom. The van der Waals surface area contributed by atoms with Crippen LogP contribution >= 0.6 is 0 Å². The number of benzene rings is 2. The molecule has 1 unspecified atom stereocenters. The topological polar surface area (TPSA) is 80.0 Å². The highest BCUT2D eigenvalue weighted by Gasteiger charge is 2.23. The third-order valence-corrected chi connectivity index (χ3v) is 3.84. The summed E-state index contributed by atoms with van der Waals surface area (Å²) in [5, 5.41) is 20.8. The molecule has 2 aromatic carbocycles. The molecule has 24 heavy (non-hydrogen) atoms. The van der Waals surface area contributed by atoms with E-state index in [2.05, 4.69) is 15.5 Å². The van der Waals surface area contributed by atoms with E-state index in [-0.39, 0.29) is 12.5 Å². The van der Waals surface area contributed by atoms with Crippen LogP contribution in [0.4, 0.5) is 0 Å². The number of aromatic nitrogens is 3. The van der Waals surface area contributed by atoms with E-state index in [4.69, 9.17) is 0 Å². The molecular formula is C18H18N4O2. The molecule has 0 fully saturated rings. The minimum Gasteiger partial charge on any atom is -0.384 e. The molecule has 1 heterocycles. The number of carbonyl (C=O) groups is 1. The Morgan fingerprint density at radius 2 is 1.71 bits per heavy atom. The standard InChI is InChI=1S/C18H18N4O2/c1-18(24,15-5-3-2-4-6-15)11-19-17(23)14-7-9-16(10-8-14)22-12-20-21-13-22/h2-10,12-13,24H,11H2,1H3,(H,19,23). The molecule has 0 bridgehead atoms. The third kappa shape index (κ3) is 3.49. The van der Waals surface area contributed by atoms with Gasteiger partial charge in [0.2, 0.25) is 0 Å². The molecule has 2 N–H and O–H groups in total. The third-order valence-electron chi connectivity index (χ3n) is 3.84. The first-order chi connectivity index (χ1) is 11.6. The summed E-state index contributed by atoms with van der Waals surface area (Å²) in [5.41, 5.74) is 1.02. The SMILES string of the molecule is CC(O)(CNC(=O)c1ccc(-n2cnnc2)cc1)c1ccccc1. The van der Waals surface area contributed by atoms with Crippen molar-refractivity contribution in [2.24, 2.45) is 0 Å². The van der Waals surface area contributed by atoms with Crippen molar-refractivity contribution in [2.75, 3.05) is 6.54 Å². The quantitative estimate of drug-likeness (QED) is 0.752. The Kier molecular flexibility index (Phi) is 4.39. The van der Waals surface area contributed by atoms with E-state index in [9.17, 15) is 9.90 Å². The van der Waals surface area contributed by atoms with Gasteiger partial charge < -0.3 is 10.4 Å². The van der Waals surface area contributed by atoms with Crippen molar-refractivity contribution in [3.05, 3.63) is 78.4 Å². The van der Waals surface area contributed by atoms with Gasteiger partial charge in [-0.25, -0.2) is 0 Å². The molecule has 0 aliphatic heterocycles. The molecule has 3 rings (SSSR count). The fraction of sp³-hybridized carbons (Fsp3) is 0.167. The van der Waals surface area contributed by atoms with Crippen molar-refractivity contribution in [3.8, 4) is 5.69 Å². The predicted molar refractivity (Wildman–Crippen MR) is 89.7 cm³/mol. The van der Waals surface area contributed by atoms with Crippen LogP contribution < -0.4 is 5.32 Å². The maximum atomic E-state index is 12.3. The van der Waals surface area contributed by atoms with Crippen molar-refractivity contribution in [1.29, 1.82) is 0 Å². The largest absolute Gasteiger partial charge is 0.384 e. The Balaban J connectivity index is 1.65. The first-order valence-electron chi connectivity index (χ1n) is 7.57. The van der Waals surface area contributed by atoms with Crippen molar-refractivity contribution >= 4 is 5.91 Å². The lowest BCUT2D eigenvalue weighted by molar-refractivity contribution is 0.0526. The Morgan fingerprint density at radius 3 is 2.33 bits per heavy atom. The second kappa shape index (κ2) is 6.64. The zero-order valence-corrected chi connectivity index (χ0v) is 13.3. The van der Waals surface area contributed by atoms with Crippen LogP contribution in [-0.4, -0.2) is 32.3 Å². The summed E-state index contributed by atoms with van der Waals surface area (Å²) >= 11 is 0. The first kappa shape index (κ1) is 15.9. The van der Waals surface area contributed by atoms with E-state index >= 15 is 0 Å². The molecule has 0 aliphatic rings. The Bertz CT molecular complexity index is 797. The fourth-order valence-electron chi connectivity index (χ4n) is 2.37. The molecule has 0 spiro atoms. The van der Waals surface area contributed by atoms with E-state index < -0.39 is 5.60 Å². The van der Waals surface area contributed by atoms with Crippen LogP contribution in [0.2, 0.25) is 0 Å². The zero-order chi connectivity index (χ0) is 17.0. The van der Waals surface area contributed by atoms with Crippen LogP contribution in [0.15, 0.2) is 67.3 Å². The minimum absolute atomic E-state index is 0.128. The molecule has 3 aromatic rings. The van der Waals surface area contributed by atoms with Crippen molar-refractivity contribution in [2.45, 2.75) is 12.5 Å². The maximum Gasteiger partial charge on any atom is 0.251 e. The highest BCUT2D eigenvalue weighted by atomic mass is 16.3. The van der Waals surface area contributed by atoms with Gasteiger partial charge in [-0.15, -0.1) is 10.2 Å². The molecule has 1 atom stereocenters. The highest BCUT2D eigenvalue weighted by molar-refractivity contribution is 5.94. The number of nitrogens with one attached hydrogen (secondary N) is 1. The number of nitrogens with zero attached hydrogens (tertiary/aromatic N) is 3. The normalized spacial score (nSPS) is 13.2. The summed E-state index contributed by atoms with van der Waals surface area (Å²) in [6.07, 6.45) is 3.18. The molecular weight excluding hydrogens is 304 g/mol. The van der Waals surface area contributed by atoms with Gasteiger partial charge in [-0.1, -0.05) is 30.3 Å². The number of amides is 1. The van der Waals surface area contributed by atoms with Gasteiger partial charge in [0, 0.05) is 11.3 Å². The van der Waals surface area contributed by atoms with Gasteiger partial charge in [0.05, 0.1) is 6.54 Å². The minimum atomic E-state index is -1.13. The van der Waals surface area contributed by atoms with Crippen LogP contribution in [0, 0.1) is 0 Å². The molecule has 6 nitrogen and oxygen atoms in total. The predicted octanol–water partition coefficient (Wildman–Crippen LogP) is 1.90. The first-order valence-corrected chi connectivity index (χ1v) is 7.57. The summed E-state index contributed by atoms with van der Waals surface area (Å²) < 4.78 is 1.75. The van der Waals surface area contributed by atoms with Crippen LogP contribution in [0.5, 0.6) is 0 Å². The number of hydrogen-bond donors (Lipinski definition) is 2. The fourth-order valence-corrected chi connectivity index (χ4v) is 2.37. The smallest absolute Gasteiger partial charge is 0.251 e. The van der Waals surface area contributed by atoms with Crippen molar-refractivity contribution in [1.82, 2.24) is 20.1 Å². The Hall–Kier alpha value is -2.99. The molecule has 0 aliphatic carbocycles. The van der Waals surface area contributed by atoms with Crippen LogP contribution in [0.25, 0.3) is 5.69 Å². The number of aliphatic hydroxyl groups is 1. The lowest BCUT2D eigenvalue weighted by atomic mass is 9.96. The van der Waals surface area contributed by atoms with E-state index in [1.165, 1.54) is 0 Å². The molecule has 122 valence electrons. The van der Waals surface area contributed by atoms with Crippen LogP contribution in [0.3, 0.4) is 0 Å². The van der Waals surface area contributed by atoms with Crippen LogP contribution in [0.1, 0.15) is 22.8 Å². The average Bonchev–Trinajstić information content (AvgIpc) is 3.15. The summed E-state index contributed by atoms with van der Waals surface area (Å²) in [4.78, 5) is 12.3. The molecule has 0 saturated heterocycles. The molecule has 1 amide bonds. The van der Waals surface area contributed by atoms with Crippen molar-refractivity contribution in [3.63, 3.8) is 0 Å². The van der Waals surface area contributed by atoms with Crippen LogP contribution in [-0.2, 0) is 5.60 Å². The number of hydrogen-bond acceptors (Lipinski definition) is 4. The zero-order valence-electron chi connectivity index (χ0n) is 13.3. The summed E-state index contributed by atoms with van der Waals surface area (Å²) in [6, 6.07) is 16.3. The van der Waals surface area contributed by atoms with Gasteiger partial charge in [-0.2, -0.15) is 0 Å². The average molecular weight is 322 g/mol. The van der Waals surface area contributed by atoms with Gasteiger partial charge in [0.25, 0.3) is 5.91 Å². The molecule has 1 aromatic heterocycles. The van der Waals surface area contributed by atoms with Gasteiger partial charge in [-0.3, -0.25) is 9.36 Å². The van der Waals surface area contributed by atoms with Gasteiger partial charge in [0.15, 0.2) is 0 Å². The van der Waals surface area contributed by atoms with E-state index in [0.29, 0.717) is 5.56 Å². The lowest BCUT2D eigenvalue weighted by Gasteiger charge is -2.24. The van der Waals surface area contributed by atoms with Gasteiger partial charge >= 0.3 is 0 Å². The second-order valence-corrected chi connectivity index (χ2v) is 5.74.